The van der Waals surface area contributed by atoms with Gasteiger partial charge >= 0.3 is 0 Å². The summed E-state index contributed by atoms with van der Waals surface area (Å²) in [4.78, 5) is 35.0. The molecule has 1 spiro atoms. The Balaban J connectivity index is 1.51. The highest BCUT2D eigenvalue weighted by atomic mass is 19.1. The molecule has 2 saturated heterocycles. The molecule has 3 heterocycles. The molecule has 2 aliphatic heterocycles. The monoisotopic (exact) mass is 526 g/mol. The molecule has 0 saturated carbocycles. The topological polar surface area (TPSA) is 91.8 Å². The third-order valence-corrected chi connectivity index (χ3v) is 7.81. The molecule has 2 aromatic rings. The molecular weight excluding hydrogens is 487 g/mol. The molecule has 2 fully saturated rings. The molecule has 10 heteroatoms. The molecular formula is C28H39FN6O3. The second-order valence-corrected chi connectivity index (χ2v) is 11.1. The predicted molar refractivity (Wildman–Crippen MR) is 143 cm³/mol. The maximum Gasteiger partial charge on any atom is 0.282 e. The molecule has 1 unspecified atom stereocenters. The van der Waals surface area contributed by atoms with Crippen molar-refractivity contribution in [2.24, 2.45) is 11.3 Å². The van der Waals surface area contributed by atoms with Crippen molar-refractivity contribution in [3.8, 4) is 11.6 Å². The molecule has 4 rings (SSSR count). The highest BCUT2D eigenvalue weighted by Gasteiger charge is 2.50. The lowest BCUT2D eigenvalue weighted by Crippen LogP contribution is -2.61. The average molecular weight is 527 g/mol. The molecule has 9 nitrogen and oxygen atoms in total. The minimum Gasteiger partial charge on any atom is -0.434 e. The number of carbonyl (C=O) groups is 2. The molecule has 1 atom stereocenters. The third kappa shape index (κ3) is 5.80. The summed E-state index contributed by atoms with van der Waals surface area (Å²) in [7, 11) is 0. The number of aldehydes is 1. The van der Waals surface area contributed by atoms with Crippen LogP contribution in [0.1, 0.15) is 64.2 Å². The number of anilines is 1. The number of halogens is 1. The number of amides is 1. The number of benzene rings is 1. The Hall–Kier alpha value is -3.14. The number of ether oxygens (including phenoxy) is 1. The molecule has 0 aliphatic carbocycles. The van der Waals surface area contributed by atoms with Crippen molar-refractivity contribution in [1.29, 1.82) is 0 Å². The van der Waals surface area contributed by atoms with Gasteiger partial charge in [0.1, 0.15) is 24.2 Å². The summed E-state index contributed by atoms with van der Waals surface area (Å²) < 4.78 is 20.3. The van der Waals surface area contributed by atoms with E-state index in [1.807, 2.05) is 20.8 Å². The summed E-state index contributed by atoms with van der Waals surface area (Å²) in [5, 5.41) is 8.11. The Morgan fingerprint density at radius 3 is 2.66 bits per heavy atom. The first-order valence-electron chi connectivity index (χ1n) is 13.6. The van der Waals surface area contributed by atoms with E-state index < -0.39 is 5.82 Å². The van der Waals surface area contributed by atoms with E-state index in [1.54, 1.807) is 4.90 Å². The fourth-order valence-corrected chi connectivity index (χ4v) is 5.90. The van der Waals surface area contributed by atoms with E-state index in [9.17, 15) is 14.0 Å². The van der Waals surface area contributed by atoms with Crippen LogP contribution in [0.3, 0.4) is 0 Å². The van der Waals surface area contributed by atoms with Crippen LogP contribution in [0.4, 0.5) is 10.2 Å². The highest BCUT2D eigenvalue weighted by Crippen LogP contribution is 2.44. The van der Waals surface area contributed by atoms with Gasteiger partial charge in [-0.05, 0) is 57.7 Å². The molecule has 0 N–H and O–H groups in total. The lowest BCUT2D eigenvalue weighted by atomic mass is 9.76. The minimum atomic E-state index is -0.512. The van der Waals surface area contributed by atoms with Crippen LogP contribution < -0.4 is 9.64 Å². The van der Waals surface area contributed by atoms with Crippen molar-refractivity contribution in [2.75, 3.05) is 37.6 Å². The summed E-state index contributed by atoms with van der Waals surface area (Å²) in [5.41, 5.74) is 0.298. The number of likely N-dealkylation sites (tertiary alicyclic amines) is 1. The van der Waals surface area contributed by atoms with Crippen LogP contribution in [0, 0.1) is 17.2 Å². The molecule has 206 valence electrons. The smallest absolute Gasteiger partial charge is 0.282 e. The fourth-order valence-electron chi connectivity index (χ4n) is 5.90. The van der Waals surface area contributed by atoms with E-state index in [4.69, 9.17) is 4.74 Å². The van der Waals surface area contributed by atoms with Gasteiger partial charge in [0.2, 0.25) is 0 Å². The number of nitrogens with zero attached hydrogens (tertiary/aromatic N) is 6. The zero-order valence-corrected chi connectivity index (χ0v) is 23.1. The van der Waals surface area contributed by atoms with Crippen LogP contribution >= 0.6 is 0 Å². The van der Waals surface area contributed by atoms with Crippen LogP contribution in [-0.4, -0.2) is 82.0 Å². The Labute approximate surface area is 224 Å². The molecule has 1 aromatic carbocycles. The largest absolute Gasteiger partial charge is 0.434 e. The summed E-state index contributed by atoms with van der Waals surface area (Å²) in [6, 6.07) is 4.28. The van der Waals surface area contributed by atoms with Crippen LogP contribution in [0.5, 0.6) is 11.6 Å². The number of aromatic nitrogens is 3. The highest BCUT2D eigenvalue weighted by molar-refractivity contribution is 5.97. The molecule has 0 radical (unpaired) electrons. The van der Waals surface area contributed by atoms with Crippen molar-refractivity contribution < 1.29 is 18.7 Å². The van der Waals surface area contributed by atoms with E-state index in [-0.39, 0.29) is 34.6 Å². The second-order valence-electron chi connectivity index (χ2n) is 11.1. The van der Waals surface area contributed by atoms with Gasteiger partial charge in [-0.15, -0.1) is 10.2 Å². The average Bonchev–Trinajstić information content (AvgIpc) is 3.31. The maximum absolute atomic E-state index is 14.2. The summed E-state index contributed by atoms with van der Waals surface area (Å²) in [5.74, 6) is 0.650. The van der Waals surface area contributed by atoms with Crippen LogP contribution in [0.25, 0.3) is 0 Å². The third-order valence-electron chi connectivity index (χ3n) is 7.81. The van der Waals surface area contributed by atoms with Crippen LogP contribution in [0.15, 0.2) is 24.5 Å². The summed E-state index contributed by atoms with van der Waals surface area (Å²) in [6.45, 7) is 14.2. The molecule has 0 bridgehead atoms. The van der Waals surface area contributed by atoms with Gasteiger partial charge < -0.3 is 19.3 Å². The van der Waals surface area contributed by atoms with E-state index in [1.165, 1.54) is 24.5 Å². The first-order valence-corrected chi connectivity index (χ1v) is 13.6. The quantitative estimate of drug-likeness (QED) is 0.403. The Morgan fingerprint density at radius 1 is 1.24 bits per heavy atom. The van der Waals surface area contributed by atoms with E-state index >= 15 is 0 Å². The maximum atomic E-state index is 14.2. The normalized spacial score (nSPS) is 17.6. The lowest BCUT2D eigenvalue weighted by Gasteiger charge is -2.52. The lowest BCUT2D eigenvalue weighted by molar-refractivity contribution is -0.108. The fraction of sp³-hybridized carbons (Fsp3) is 0.607. The Bertz CT molecular complexity index is 1140. The Kier molecular flexibility index (Phi) is 8.60. The minimum absolute atomic E-state index is 0.0473. The zero-order valence-electron chi connectivity index (χ0n) is 23.1. The first-order chi connectivity index (χ1) is 18.2. The standard InChI is InChI=1S/C28H39FN6O3/c1-6-35(20(4)5)27(37)22-14-21(29)9-10-24(22)38-26-25(30-18-31-32-26)33-12-11-28(15-33)16-34(17-28)23(19(2)3)8-7-13-36/h9-10,13-14,18-20,23H,6-8,11-12,15-17H2,1-5H3. The number of hydrogen-bond donors (Lipinski definition) is 0. The SMILES string of the molecule is CCN(C(=O)c1cc(F)ccc1Oc1nncnc1N1CCC2(C1)CN(C(CCC=O)C(C)C)C2)C(C)C. The van der Waals surface area contributed by atoms with Crippen molar-refractivity contribution in [3.63, 3.8) is 0 Å². The van der Waals surface area contributed by atoms with Crippen LogP contribution in [0.2, 0.25) is 0 Å². The van der Waals surface area contributed by atoms with E-state index in [2.05, 4.69) is 38.8 Å². The Morgan fingerprint density at radius 2 is 2.00 bits per heavy atom. The zero-order chi connectivity index (χ0) is 27.4. The molecule has 1 amide bonds. The van der Waals surface area contributed by atoms with Gasteiger partial charge in [-0.1, -0.05) is 13.8 Å². The van der Waals surface area contributed by atoms with E-state index in [0.29, 0.717) is 30.7 Å². The predicted octanol–water partition coefficient (Wildman–Crippen LogP) is 4.19. The van der Waals surface area contributed by atoms with Crippen molar-refractivity contribution in [1.82, 2.24) is 25.0 Å². The van der Waals surface area contributed by atoms with Crippen molar-refractivity contribution in [3.05, 3.63) is 35.9 Å². The molecule has 2 aliphatic rings. The van der Waals surface area contributed by atoms with Gasteiger partial charge in [0.25, 0.3) is 11.8 Å². The summed E-state index contributed by atoms with van der Waals surface area (Å²) in [6.07, 6.45) is 4.90. The van der Waals surface area contributed by atoms with Gasteiger partial charge in [0.15, 0.2) is 5.82 Å². The number of hydrogen-bond acceptors (Lipinski definition) is 8. The van der Waals surface area contributed by atoms with Crippen LogP contribution in [-0.2, 0) is 4.79 Å². The summed E-state index contributed by atoms with van der Waals surface area (Å²) >= 11 is 0. The van der Waals surface area contributed by atoms with Gasteiger partial charge in [-0.25, -0.2) is 9.37 Å². The number of carbonyl (C=O) groups excluding carboxylic acids is 2. The number of rotatable bonds is 11. The first kappa shape index (κ1) is 27.9. The van der Waals surface area contributed by atoms with Gasteiger partial charge in [0, 0.05) is 56.6 Å². The molecule has 38 heavy (non-hydrogen) atoms. The van der Waals surface area contributed by atoms with Crippen molar-refractivity contribution in [2.45, 2.75) is 66.0 Å². The van der Waals surface area contributed by atoms with Crippen molar-refractivity contribution >= 4 is 18.0 Å². The second kappa shape index (κ2) is 11.7. The van der Waals surface area contributed by atoms with Gasteiger partial charge in [0.05, 0.1) is 5.56 Å². The van der Waals surface area contributed by atoms with E-state index in [0.717, 1.165) is 45.3 Å². The van der Waals surface area contributed by atoms with Gasteiger partial charge in [-0.2, -0.15) is 0 Å². The molecule has 1 aromatic heterocycles. The van der Waals surface area contributed by atoms with Gasteiger partial charge in [-0.3, -0.25) is 9.69 Å².